The number of carbonyl (C=O) groups is 1. The summed E-state index contributed by atoms with van der Waals surface area (Å²) in [7, 11) is 0. The Morgan fingerprint density at radius 1 is 1.48 bits per heavy atom. The molecule has 0 bridgehead atoms. The summed E-state index contributed by atoms with van der Waals surface area (Å²) in [6.07, 6.45) is -5.08. The largest absolute Gasteiger partial charge is 0.445 e. The van der Waals surface area contributed by atoms with Crippen LogP contribution in [0.1, 0.15) is 19.4 Å². The molecule has 0 saturated carbocycles. The molecule has 1 amide bonds. The molecule has 0 aromatic carbocycles. The molecule has 0 fully saturated rings. The first-order valence-electron chi connectivity index (χ1n) is 5.91. The molecule has 21 heavy (non-hydrogen) atoms. The minimum atomic E-state index is -4.94. The molecule has 4 nitrogen and oxygen atoms in total. The van der Waals surface area contributed by atoms with E-state index in [-0.39, 0.29) is 16.8 Å². The Labute approximate surface area is 123 Å². The van der Waals surface area contributed by atoms with Crippen molar-refractivity contribution in [2.24, 2.45) is 5.92 Å². The average molecular weight is 319 g/mol. The Bertz CT molecular complexity index is 649. The number of carbonyl (C=O) groups excluding carboxylic acids is 1. The fourth-order valence-corrected chi connectivity index (χ4v) is 1.90. The van der Waals surface area contributed by atoms with Crippen LogP contribution in [0.4, 0.5) is 23.8 Å². The number of aromatic nitrogens is 1. The molecule has 1 aliphatic rings. The number of cyclic esters (lactones) is 1. The van der Waals surface area contributed by atoms with E-state index in [0.717, 1.165) is 12.3 Å². The number of halogens is 4. The van der Waals surface area contributed by atoms with Crippen LogP contribution in [0.5, 0.6) is 0 Å². The zero-order valence-corrected chi connectivity index (χ0v) is 11.8. The maximum atomic E-state index is 13.6. The molecule has 0 aliphatic carbocycles. The normalized spacial score (nSPS) is 21.0. The first-order chi connectivity index (χ1) is 9.65. The van der Waals surface area contributed by atoms with E-state index in [2.05, 4.69) is 21.0 Å². The molecule has 0 radical (unpaired) electrons. The van der Waals surface area contributed by atoms with Gasteiger partial charge < -0.3 is 4.74 Å². The van der Waals surface area contributed by atoms with Crippen molar-refractivity contribution in [3.63, 3.8) is 0 Å². The number of nitrogens with zero attached hydrogens (tertiary/aromatic N) is 1. The Hall–Kier alpha value is -1.94. The Balaban J connectivity index is 2.75. The molecule has 8 heteroatoms. The van der Waals surface area contributed by atoms with Crippen molar-refractivity contribution in [3.8, 4) is 11.8 Å². The second kappa shape index (κ2) is 5.11. The zero-order chi connectivity index (χ0) is 15.8. The highest BCUT2D eigenvalue weighted by Gasteiger charge is 2.62. The SMILES string of the molecule is CC(C)C#CC1(C(F)(F)F)OC(=O)Nc2ncc(Cl)cc21. The van der Waals surface area contributed by atoms with Gasteiger partial charge in [0.05, 0.1) is 10.6 Å². The van der Waals surface area contributed by atoms with Gasteiger partial charge in [0.15, 0.2) is 0 Å². The van der Waals surface area contributed by atoms with Crippen LogP contribution in [-0.2, 0) is 10.3 Å². The van der Waals surface area contributed by atoms with Crippen LogP contribution in [0.15, 0.2) is 12.3 Å². The van der Waals surface area contributed by atoms with Crippen LogP contribution in [0.3, 0.4) is 0 Å². The molecule has 1 aromatic rings. The Morgan fingerprint density at radius 3 is 2.71 bits per heavy atom. The molecule has 1 atom stereocenters. The summed E-state index contributed by atoms with van der Waals surface area (Å²) in [5.41, 5.74) is -3.51. The van der Waals surface area contributed by atoms with E-state index in [1.165, 1.54) is 0 Å². The molecule has 0 spiro atoms. The maximum Gasteiger partial charge on any atom is 0.445 e. The van der Waals surface area contributed by atoms with Crippen molar-refractivity contribution in [2.75, 3.05) is 5.32 Å². The summed E-state index contributed by atoms with van der Waals surface area (Å²) in [4.78, 5) is 15.1. The first kappa shape index (κ1) is 15.4. The molecule has 1 aromatic heterocycles. The number of fused-ring (bicyclic) bond motifs is 1. The molecule has 0 saturated heterocycles. The van der Waals surface area contributed by atoms with E-state index in [9.17, 15) is 18.0 Å². The molecular formula is C13H10ClF3N2O2. The third-order valence-corrected chi connectivity index (χ3v) is 2.84. The van der Waals surface area contributed by atoms with Gasteiger partial charge in [-0.2, -0.15) is 13.2 Å². The van der Waals surface area contributed by atoms with Crippen LogP contribution >= 0.6 is 11.6 Å². The fourth-order valence-electron chi connectivity index (χ4n) is 1.74. The molecule has 112 valence electrons. The van der Waals surface area contributed by atoms with Gasteiger partial charge in [0, 0.05) is 12.1 Å². The van der Waals surface area contributed by atoms with E-state index in [1.54, 1.807) is 13.8 Å². The third-order valence-electron chi connectivity index (χ3n) is 2.64. The number of nitrogens with one attached hydrogen (secondary N) is 1. The fraction of sp³-hybridized carbons (Fsp3) is 0.385. The lowest BCUT2D eigenvalue weighted by Gasteiger charge is -2.35. The smallest absolute Gasteiger partial charge is 0.415 e. The lowest BCUT2D eigenvalue weighted by molar-refractivity contribution is -0.239. The van der Waals surface area contributed by atoms with Crippen molar-refractivity contribution in [1.82, 2.24) is 4.98 Å². The lowest BCUT2D eigenvalue weighted by atomic mass is 9.92. The number of rotatable bonds is 0. The summed E-state index contributed by atoms with van der Waals surface area (Å²) >= 11 is 5.71. The molecular weight excluding hydrogens is 309 g/mol. The van der Waals surface area contributed by atoms with Gasteiger partial charge in [-0.1, -0.05) is 31.4 Å². The zero-order valence-electron chi connectivity index (χ0n) is 11.0. The highest BCUT2D eigenvalue weighted by Crippen LogP contribution is 2.47. The average Bonchev–Trinajstić information content (AvgIpc) is 2.35. The highest BCUT2D eigenvalue weighted by molar-refractivity contribution is 6.30. The first-order valence-corrected chi connectivity index (χ1v) is 6.29. The van der Waals surface area contributed by atoms with E-state index in [4.69, 9.17) is 11.6 Å². The Morgan fingerprint density at radius 2 is 2.14 bits per heavy atom. The minimum Gasteiger partial charge on any atom is -0.415 e. The van der Waals surface area contributed by atoms with Gasteiger partial charge in [0.1, 0.15) is 5.82 Å². The van der Waals surface area contributed by atoms with Crippen molar-refractivity contribution in [3.05, 3.63) is 22.8 Å². The number of pyridine rings is 1. The highest BCUT2D eigenvalue weighted by atomic mass is 35.5. The van der Waals surface area contributed by atoms with Crippen molar-refractivity contribution in [2.45, 2.75) is 25.6 Å². The van der Waals surface area contributed by atoms with E-state index < -0.39 is 23.4 Å². The summed E-state index contributed by atoms with van der Waals surface area (Å²) < 4.78 is 45.2. The topological polar surface area (TPSA) is 51.2 Å². The van der Waals surface area contributed by atoms with Gasteiger partial charge in [-0.3, -0.25) is 5.32 Å². The van der Waals surface area contributed by atoms with E-state index >= 15 is 0 Å². The van der Waals surface area contributed by atoms with Crippen LogP contribution in [0.25, 0.3) is 0 Å². The van der Waals surface area contributed by atoms with Crippen LogP contribution < -0.4 is 5.32 Å². The molecule has 1 N–H and O–H groups in total. The summed E-state index contributed by atoms with van der Waals surface area (Å²) in [5, 5.41) is 2.08. The summed E-state index contributed by atoms with van der Waals surface area (Å²) in [6, 6.07) is 1.03. The quantitative estimate of drug-likeness (QED) is 0.742. The van der Waals surface area contributed by atoms with Gasteiger partial charge in [-0.15, -0.1) is 0 Å². The van der Waals surface area contributed by atoms with Crippen molar-refractivity contribution in [1.29, 1.82) is 0 Å². The standard InChI is InChI=1S/C13H10ClF3N2O2/c1-7(2)3-4-12(13(15,16)17)9-5-8(14)6-18-10(9)19-11(20)21-12/h5-7H,1-2H3,(H,18,19,20). The second-order valence-corrected chi connectivity index (χ2v) is 5.10. The van der Waals surface area contributed by atoms with Gasteiger partial charge in [-0.05, 0) is 12.0 Å². The Kier molecular flexibility index (Phi) is 3.76. The number of alkyl halides is 3. The van der Waals surface area contributed by atoms with Crippen LogP contribution in [-0.4, -0.2) is 17.3 Å². The lowest BCUT2D eigenvalue weighted by Crippen LogP contribution is -2.49. The summed E-state index contributed by atoms with van der Waals surface area (Å²) in [5.74, 6) is 3.82. The van der Waals surface area contributed by atoms with E-state index in [0.29, 0.717) is 0 Å². The monoisotopic (exact) mass is 318 g/mol. The van der Waals surface area contributed by atoms with Gasteiger partial charge in [0.2, 0.25) is 0 Å². The summed E-state index contributed by atoms with van der Waals surface area (Å²) in [6.45, 7) is 3.24. The molecule has 1 unspecified atom stereocenters. The third kappa shape index (κ3) is 2.76. The molecule has 2 rings (SSSR count). The molecule has 1 aliphatic heterocycles. The number of anilines is 1. The van der Waals surface area contributed by atoms with Crippen molar-refractivity contribution < 1.29 is 22.7 Å². The molecule has 2 heterocycles. The predicted molar refractivity (Wildman–Crippen MR) is 69.7 cm³/mol. The van der Waals surface area contributed by atoms with E-state index in [1.807, 2.05) is 5.92 Å². The number of ether oxygens (including phenoxy) is 1. The van der Waals surface area contributed by atoms with Crippen LogP contribution in [0, 0.1) is 17.8 Å². The van der Waals surface area contributed by atoms with Gasteiger partial charge in [-0.25, -0.2) is 9.78 Å². The second-order valence-electron chi connectivity index (χ2n) is 4.67. The number of hydrogen-bond donors (Lipinski definition) is 1. The predicted octanol–water partition coefficient (Wildman–Crippen LogP) is 3.71. The van der Waals surface area contributed by atoms with Crippen molar-refractivity contribution >= 4 is 23.5 Å². The van der Waals surface area contributed by atoms with Crippen LogP contribution in [0.2, 0.25) is 5.02 Å². The van der Waals surface area contributed by atoms with Gasteiger partial charge >= 0.3 is 12.3 Å². The maximum absolute atomic E-state index is 13.6. The van der Waals surface area contributed by atoms with Gasteiger partial charge in [0.25, 0.3) is 5.60 Å². The minimum absolute atomic E-state index is 0.0199. The number of hydrogen-bond acceptors (Lipinski definition) is 3. The number of amides is 1.